The van der Waals surface area contributed by atoms with Gasteiger partial charge in [-0.3, -0.25) is 9.59 Å². The normalized spacial score (nSPS) is 10.1. The molecule has 0 atom stereocenters. The summed E-state index contributed by atoms with van der Waals surface area (Å²) < 4.78 is 5.41. The molecular formula is C17H20N2O3S. The van der Waals surface area contributed by atoms with Crippen LogP contribution in [-0.2, 0) is 4.79 Å². The van der Waals surface area contributed by atoms with E-state index in [1.165, 1.54) is 11.3 Å². The second-order valence-corrected chi connectivity index (χ2v) is 5.99. The first-order valence-corrected chi connectivity index (χ1v) is 8.31. The Morgan fingerprint density at radius 2 is 1.96 bits per heavy atom. The number of aryl methyl sites for hydroxylation is 1. The van der Waals surface area contributed by atoms with E-state index in [1.807, 2.05) is 42.6 Å². The van der Waals surface area contributed by atoms with Crippen LogP contribution in [-0.4, -0.2) is 31.5 Å². The van der Waals surface area contributed by atoms with Crippen LogP contribution < -0.4 is 15.4 Å². The molecule has 0 bridgehead atoms. The Hall–Kier alpha value is -2.34. The Balaban J connectivity index is 1.55. The molecule has 0 aliphatic rings. The van der Waals surface area contributed by atoms with E-state index in [4.69, 9.17) is 4.74 Å². The minimum atomic E-state index is -0.170. The molecule has 1 aromatic heterocycles. The predicted molar refractivity (Wildman–Crippen MR) is 91.0 cm³/mol. The molecule has 0 aliphatic carbocycles. The van der Waals surface area contributed by atoms with Crippen molar-refractivity contribution in [1.82, 2.24) is 10.6 Å². The number of nitrogens with one attached hydrogen (secondary N) is 2. The summed E-state index contributed by atoms with van der Waals surface area (Å²) >= 11 is 1.41. The fourth-order valence-electron chi connectivity index (χ4n) is 1.92. The molecule has 0 radical (unpaired) electrons. The Morgan fingerprint density at radius 1 is 1.13 bits per heavy atom. The van der Waals surface area contributed by atoms with E-state index >= 15 is 0 Å². The third-order valence-corrected chi connectivity index (χ3v) is 3.93. The SMILES string of the molecule is Cc1cccc(OCC(=O)NCCCNC(=O)c2cccs2)c1. The lowest BCUT2D eigenvalue weighted by Crippen LogP contribution is -2.32. The van der Waals surface area contributed by atoms with E-state index in [9.17, 15) is 9.59 Å². The smallest absolute Gasteiger partial charge is 0.261 e. The highest BCUT2D eigenvalue weighted by Crippen LogP contribution is 2.11. The molecule has 0 aliphatic heterocycles. The van der Waals surface area contributed by atoms with Crippen molar-refractivity contribution in [2.24, 2.45) is 0 Å². The summed E-state index contributed by atoms with van der Waals surface area (Å²) in [6.07, 6.45) is 0.674. The van der Waals surface area contributed by atoms with Crippen LogP contribution in [0.4, 0.5) is 0 Å². The Kier molecular flexibility index (Phi) is 6.62. The van der Waals surface area contributed by atoms with Crippen molar-refractivity contribution in [3.05, 3.63) is 52.2 Å². The first-order valence-electron chi connectivity index (χ1n) is 7.43. The van der Waals surface area contributed by atoms with E-state index in [-0.39, 0.29) is 18.4 Å². The van der Waals surface area contributed by atoms with Crippen LogP contribution in [0.25, 0.3) is 0 Å². The van der Waals surface area contributed by atoms with Gasteiger partial charge < -0.3 is 15.4 Å². The zero-order chi connectivity index (χ0) is 16.5. The van der Waals surface area contributed by atoms with Gasteiger partial charge in [0.2, 0.25) is 0 Å². The highest BCUT2D eigenvalue weighted by atomic mass is 32.1. The van der Waals surface area contributed by atoms with E-state index in [1.54, 1.807) is 6.07 Å². The first-order chi connectivity index (χ1) is 11.1. The lowest BCUT2D eigenvalue weighted by Gasteiger charge is -2.08. The number of hydrogen-bond acceptors (Lipinski definition) is 4. The number of hydrogen-bond donors (Lipinski definition) is 2. The fraction of sp³-hybridized carbons (Fsp3) is 0.294. The Bertz CT molecular complexity index is 641. The summed E-state index contributed by atoms with van der Waals surface area (Å²) in [5, 5.41) is 7.44. The molecular weight excluding hydrogens is 312 g/mol. The van der Waals surface area contributed by atoms with Gasteiger partial charge in [0.25, 0.3) is 11.8 Å². The van der Waals surface area contributed by atoms with Gasteiger partial charge in [-0.25, -0.2) is 0 Å². The number of carbonyl (C=O) groups excluding carboxylic acids is 2. The highest BCUT2D eigenvalue weighted by Gasteiger charge is 2.05. The number of carbonyl (C=O) groups is 2. The molecule has 1 aromatic carbocycles. The summed E-state index contributed by atoms with van der Waals surface area (Å²) in [5.41, 5.74) is 1.09. The quantitative estimate of drug-likeness (QED) is 0.729. The first kappa shape index (κ1) is 17.0. The maximum Gasteiger partial charge on any atom is 0.261 e. The second-order valence-electron chi connectivity index (χ2n) is 5.04. The van der Waals surface area contributed by atoms with Crippen molar-refractivity contribution < 1.29 is 14.3 Å². The van der Waals surface area contributed by atoms with Crippen molar-refractivity contribution >= 4 is 23.2 Å². The molecule has 6 heteroatoms. The molecule has 0 saturated carbocycles. The predicted octanol–water partition coefficient (Wildman–Crippen LogP) is 2.37. The Labute approximate surface area is 139 Å². The van der Waals surface area contributed by atoms with Gasteiger partial charge in [0.1, 0.15) is 5.75 Å². The number of amides is 2. The van der Waals surface area contributed by atoms with E-state index < -0.39 is 0 Å². The number of ether oxygens (including phenoxy) is 1. The molecule has 0 saturated heterocycles. The molecule has 2 N–H and O–H groups in total. The average molecular weight is 332 g/mol. The minimum Gasteiger partial charge on any atom is -0.484 e. The third kappa shape index (κ3) is 6.12. The van der Waals surface area contributed by atoms with E-state index in [2.05, 4.69) is 10.6 Å². The standard InChI is InChI=1S/C17H20N2O3S/c1-13-5-2-6-14(11-13)22-12-16(20)18-8-4-9-19-17(21)15-7-3-10-23-15/h2-3,5-7,10-11H,4,8-9,12H2,1H3,(H,18,20)(H,19,21). The van der Waals surface area contributed by atoms with Gasteiger partial charge in [-0.15, -0.1) is 11.3 Å². The van der Waals surface area contributed by atoms with Crippen LogP contribution in [0.2, 0.25) is 0 Å². The topological polar surface area (TPSA) is 67.4 Å². The van der Waals surface area contributed by atoms with Crippen molar-refractivity contribution in [2.75, 3.05) is 19.7 Å². The van der Waals surface area contributed by atoms with Crippen molar-refractivity contribution in [2.45, 2.75) is 13.3 Å². The fourth-order valence-corrected chi connectivity index (χ4v) is 2.56. The maximum absolute atomic E-state index is 11.7. The summed E-state index contributed by atoms with van der Waals surface area (Å²) in [6.45, 7) is 2.99. The van der Waals surface area contributed by atoms with Gasteiger partial charge in [-0.1, -0.05) is 18.2 Å². The molecule has 23 heavy (non-hydrogen) atoms. The van der Waals surface area contributed by atoms with Crippen LogP contribution >= 0.6 is 11.3 Å². The van der Waals surface area contributed by atoms with Crippen LogP contribution in [0, 0.1) is 6.92 Å². The van der Waals surface area contributed by atoms with Gasteiger partial charge >= 0.3 is 0 Å². The summed E-state index contributed by atoms with van der Waals surface area (Å²) in [5.74, 6) is 0.438. The maximum atomic E-state index is 11.7. The second kappa shape index (κ2) is 8.95. The summed E-state index contributed by atoms with van der Waals surface area (Å²) in [7, 11) is 0. The average Bonchev–Trinajstić information content (AvgIpc) is 3.07. The monoisotopic (exact) mass is 332 g/mol. The van der Waals surface area contributed by atoms with E-state index in [0.717, 1.165) is 5.56 Å². The van der Waals surface area contributed by atoms with Crippen molar-refractivity contribution in [3.8, 4) is 5.75 Å². The zero-order valence-electron chi connectivity index (χ0n) is 13.0. The molecule has 2 rings (SSSR count). The van der Waals surface area contributed by atoms with Gasteiger partial charge in [0.05, 0.1) is 4.88 Å². The summed E-state index contributed by atoms with van der Waals surface area (Å²) in [6, 6.07) is 11.2. The van der Waals surface area contributed by atoms with Gasteiger partial charge in [0.15, 0.2) is 6.61 Å². The molecule has 0 fully saturated rings. The van der Waals surface area contributed by atoms with Gasteiger partial charge in [-0.05, 0) is 42.5 Å². The molecule has 5 nitrogen and oxygen atoms in total. The largest absolute Gasteiger partial charge is 0.484 e. The number of thiophene rings is 1. The molecule has 0 spiro atoms. The van der Waals surface area contributed by atoms with Crippen molar-refractivity contribution in [3.63, 3.8) is 0 Å². The highest BCUT2D eigenvalue weighted by molar-refractivity contribution is 7.12. The zero-order valence-corrected chi connectivity index (χ0v) is 13.8. The summed E-state index contributed by atoms with van der Waals surface area (Å²) in [4.78, 5) is 24.0. The molecule has 0 unspecified atom stereocenters. The third-order valence-electron chi connectivity index (χ3n) is 3.07. The number of benzene rings is 1. The molecule has 122 valence electrons. The van der Waals surface area contributed by atoms with Crippen LogP contribution in [0.5, 0.6) is 5.75 Å². The lowest BCUT2D eigenvalue weighted by molar-refractivity contribution is -0.123. The van der Waals surface area contributed by atoms with Gasteiger partial charge in [-0.2, -0.15) is 0 Å². The Morgan fingerprint density at radius 3 is 2.70 bits per heavy atom. The minimum absolute atomic E-state index is 0.00892. The van der Waals surface area contributed by atoms with Crippen LogP contribution in [0.1, 0.15) is 21.7 Å². The molecule has 1 heterocycles. The molecule has 2 aromatic rings. The lowest BCUT2D eigenvalue weighted by atomic mass is 10.2. The van der Waals surface area contributed by atoms with Crippen LogP contribution in [0.15, 0.2) is 41.8 Å². The van der Waals surface area contributed by atoms with Crippen molar-refractivity contribution in [1.29, 1.82) is 0 Å². The van der Waals surface area contributed by atoms with Crippen LogP contribution in [0.3, 0.4) is 0 Å². The molecule has 2 amide bonds. The van der Waals surface area contributed by atoms with Gasteiger partial charge in [0, 0.05) is 13.1 Å². The van der Waals surface area contributed by atoms with E-state index in [0.29, 0.717) is 30.1 Å². The number of rotatable bonds is 8.